The van der Waals surface area contributed by atoms with Gasteiger partial charge in [-0.05, 0) is 62.7 Å². The number of piperidine rings is 1. The van der Waals surface area contributed by atoms with Gasteiger partial charge in [0.15, 0.2) is 0 Å². The van der Waals surface area contributed by atoms with Gasteiger partial charge in [-0.2, -0.15) is 0 Å². The van der Waals surface area contributed by atoms with Crippen molar-refractivity contribution in [3.05, 3.63) is 66.0 Å². The van der Waals surface area contributed by atoms with Crippen LogP contribution in [0.2, 0.25) is 0 Å². The number of hydrogen-bond acceptors (Lipinski definition) is 2. The second-order valence-electron chi connectivity index (χ2n) is 6.39. The SMILES string of the molecule is CC(c1ccc(F)cc1)N1CCC(C(=O)Nc2ccccc2)CC1. The lowest BCUT2D eigenvalue weighted by Crippen LogP contribution is -2.39. The first-order valence-electron chi connectivity index (χ1n) is 8.49. The van der Waals surface area contributed by atoms with E-state index in [1.165, 1.54) is 12.1 Å². The number of carbonyl (C=O) groups is 1. The molecule has 1 aliphatic heterocycles. The molecule has 1 unspecified atom stereocenters. The second kappa shape index (κ2) is 7.58. The number of anilines is 1. The molecule has 3 nitrogen and oxygen atoms in total. The number of hydrogen-bond donors (Lipinski definition) is 1. The Bertz CT molecular complexity index is 664. The second-order valence-corrected chi connectivity index (χ2v) is 6.39. The molecule has 2 aromatic rings. The van der Waals surface area contributed by atoms with Crippen molar-refractivity contribution in [1.29, 1.82) is 0 Å². The first-order chi connectivity index (χ1) is 11.6. The molecule has 1 heterocycles. The Labute approximate surface area is 142 Å². The van der Waals surface area contributed by atoms with Crippen molar-refractivity contribution in [2.75, 3.05) is 18.4 Å². The van der Waals surface area contributed by atoms with Crippen LogP contribution in [0.25, 0.3) is 0 Å². The van der Waals surface area contributed by atoms with Crippen LogP contribution >= 0.6 is 0 Å². The molecule has 0 radical (unpaired) electrons. The number of para-hydroxylation sites is 1. The van der Waals surface area contributed by atoms with Gasteiger partial charge in [-0.1, -0.05) is 30.3 Å². The highest BCUT2D eigenvalue weighted by molar-refractivity contribution is 5.92. The molecule has 0 aromatic heterocycles. The van der Waals surface area contributed by atoms with Gasteiger partial charge in [0.2, 0.25) is 5.91 Å². The van der Waals surface area contributed by atoms with E-state index in [9.17, 15) is 9.18 Å². The minimum absolute atomic E-state index is 0.0573. The first-order valence-corrected chi connectivity index (χ1v) is 8.49. The van der Waals surface area contributed by atoms with Crippen LogP contribution in [-0.2, 0) is 4.79 Å². The Balaban J connectivity index is 1.53. The van der Waals surface area contributed by atoms with Crippen LogP contribution in [0.15, 0.2) is 54.6 Å². The van der Waals surface area contributed by atoms with Gasteiger partial charge in [0.1, 0.15) is 5.82 Å². The third-order valence-electron chi connectivity index (χ3n) is 4.84. The van der Waals surface area contributed by atoms with Crippen LogP contribution in [0.4, 0.5) is 10.1 Å². The van der Waals surface area contributed by atoms with Gasteiger partial charge in [-0.15, -0.1) is 0 Å². The highest BCUT2D eigenvalue weighted by Gasteiger charge is 2.27. The van der Waals surface area contributed by atoms with E-state index >= 15 is 0 Å². The zero-order valence-corrected chi connectivity index (χ0v) is 13.9. The summed E-state index contributed by atoms with van der Waals surface area (Å²) in [5.74, 6) is -0.0422. The van der Waals surface area contributed by atoms with Crippen molar-refractivity contribution >= 4 is 11.6 Å². The third-order valence-corrected chi connectivity index (χ3v) is 4.84. The maximum Gasteiger partial charge on any atom is 0.227 e. The van der Waals surface area contributed by atoms with Gasteiger partial charge >= 0.3 is 0 Å². The van der Waals surface area contributed by atoms with E-state index in [-0.39, 0.29) is 23.7 Å². The van der Waals surface area contributed by atoms with E-state index in [4.69, 9.17) is 0 Å². The molecule has 1 N–H and O–H groups in total. The number of halogens is 1. The Hall–Kier alpha value is -2.20. The predicted octanol–water partition coefficient (Wildman–Crippen LogP) is 4.24. The van der Waals surface area contributed by atoms with Crippen LogP contribution in [0.3, 0.4) is 0 Å². The van der Waals surface area contributed by atoms with Gasteiger partial charge in [0.05, 0.1) is 0 Å². The minimum Gasteiger partial charge on any atom is -0.326 e. The van der Waals surface area contributed by atoms with Crippen LogP contribution in [0.5, 0.6) is 0 Å². The summed E-state index contributed by atoms with van der Waals surface area (Å²) >= 11 is 0. The number of nitrogens with zero attached hydrogens (tertiary/aromatic N) is 1. The monoisotopic (exact) mass is 326 g/mol. The number of amides is 1. The summed E-state index contributed by atoms with van der Waals surface area (Å²) in [6.45, 7) is 3.90. The van der Waals surface area contributed by atoms with Crippen molar-refractivity contribution in [2.45, 2.75) is 25.8 Å². The van der Waals surface area contributed by atoms with Crippen molar-refractivity contribution in [2.24, 2.45) is 5.92 Å². The normalized spacial score (nSPS) is 17.4. The summed E-state index contributed by atoms with van der Waals surface area (Å²) in [5, 5.41) is 2.99. The molecule has 1 atom stereocenters. The van der Waals surface area contributed by atoms with E-state index in [2.05, 4.69) is 17.1 Å². The number of likely N-dealkylation sites (tertiary alicyclic amines) is 1. The number of benzene rings is 2. The zero-order chi connectivity index (χ0) is 16.9. The first kappa shape index (κ1) is 16.7. The molecule has 126 valence electrons. The maximum absolute atomic E-state index is 13.1. The van der Waals surface area contributed by atoms with Crippen molar-refractivity contribution in [1.82, 2.24) is 4.90 Å². The molecule has 3 rings (SSSR count). The highest BCUT2D eigenvalue weighted by atomic mass is 19.1. The fourth-order valence-electron chi connectivity index (χ4n) is 3.27. The summed E-state index contributed by atoms with van der Waals surface area (Å²) in [4.78, 5) is 14.7. The lowest BCUT2D eigenvalue weighted by molar-refractivity contribution is -0.121. The number of carbonyl (C=O) groups excluding carboxylic acids is 1. The summed E-state index contributed by atoms with van der Waals surface area (Å²) in [6, 6.07) is 16.5. The fraction of sp³-hybridized carbons (Fsp3) is 0.350. The molecule has 0 saturated carbocycles. The van der Waals surface area contributed by atoms with E-state index in [1.54, 1.807) is 0 Å². The maximum atomic E-state index is 13.1. The van der Waals surface area contributed by atoms with Crippen molar-refractivity contribution < 1.29 is 9.18 Å². The van der Waals surface area contributed by atoms with E-state index in [0.29, 0.717) is 0 Å². The van der Waals surface area contributed by atoms with Gasteiger partial charge in [-0.3, -0.25) is 9.69 Å². The minimum atomic E-state index is -0.206. The smallest absolute Gasteiger partial charge is 0.227 e. The van der Waals surface area contributed by atoms with E-state index < -0.39 is 0 Å². The summed E-state index contributed by atoms with van der Waals surface area (Å²) in [5.41, 5.74) is 1.97. The molecule has 0 bridgehead atoms. The molecule has 0 spiro atoms. The molecule has 24 heavy (non-hydrogen) atoms. The van der Waals surface area contributed by atoms with E-state index in [0.717, 1.165) is 37.2 Å². The molecule has 1 saturated heterocycles. The van der Waals surface area contributed by atoms with Crippen LogP contribution < -0.4 is 5.32 Å². The lowest BCUT2D eigenvalue weighted by Gasteiger charge is -2.35. The Morgan fingerprint density at radius 2 is 1.71 bits per heavy atom. The quantitative estimate of drug-likeness (QED) is 0.911. The lowest BCUT2D eigenvalue weighted by atomic mass is 9.93. The molecule has 4 heteroatoms. The fourth-order valence-corrected chi connectivity index (χ4v) is 3.27. The van der Waals surface area contributed by atoms with Crippen LogP contribution in [-0.4, -0.2) is 23.9 Å². The van der Waals surface area contributed by atoms with Gasteiger partial charge in [0, 0.05) is 17.6 Å². The van der Waals surface area contributed by atoms with Crippen molar-refractivity contribution in [3.63, 3.8) is 0 Å². The topological polar surface area (TPSA) is 32.3 Å². The van der Waals surface area contributed by atoms with Gasteiger partial charge < -0.3 is 5.32 Å². The Kier molecular flexibility index (Phi) is 5.26. The summed E-state index contributed by atoms with van der Waals surface area (Å²) < 4.78 is 13.1. The molecular formula is C20H23FN2O. The number of rotatable bonds is 4. The van der Waals surface area contributed by atoms with Crippen molar-refractivity contribution in [3.8, 4) is 0 Å². The molecule has 1 amide bonds. The Morgan fingerprint density at radius 1 is 1.08 bits per heavy atom. The molecule has 2 aromatic carbocycles. The summed E-state index contributed by atoms with van der Waals surface area (Å²) in [6.07, 6.45) is 1.70. The molecule has 0 aliphatic carbocycles. The van der Waals surface area contributed by atoms with Gasteiger partial charge in [0.25, 0.3) is 0 Å². The molecule has 1 aliphatic rings. The van der Waals surface area contributed by atoms with E-state index in [1.807, 2.05) is 42.5 Å². The average molecular weight is 326 g/mol. The average Bonchev–Trinajstić information content (AvgIpc) is 2.63. The third kappa shape index (κ3) is 4.01. The Morgan fingerprint density at radius 3 is 2.33 bits per heavy atom. The van der Waals surface area contributed by atoms with Crippen LogP contribution in [0.1, 0.15) is 31.4 Å². The van der Waals surface area contributed by atoms with Crippen LogP contribution in [0, 0.1) is 11.7 Å². The highest BCUT2D eigenvalue weighted by Crippen LogP contribution is 2.27. The standard InChI is InChI=1S/C20H23FN2O/c1-15(16-7-9-18(21)10-8-16)23-13-11-17(12-14-23)20(24)22-19-5-3-2-4-6-19/h2-10,15,17H,11-14H2,1H3,(H,22,24). The molecule has 1 fully saturated rings. The summed E-state index contributed by atoms with van der Waals surface area (Å²) in [7, 11) is 0. The molecular weight excluding hydrogens is 303 g/mol. The number of nitrogens with one attached hydrogen (secondary N) is 1. The predicted molar refractivity (Wildman–Crippen MR) is 94.2 cm³/mol. The zero-order valence-electron chi connectivity index (χ0n) is 13.9. The van der Waals surface area contributed by atoms with Gasteiger partial charge in [-0.25, -0.2) is 4.39 Å². The largest absolute Gasteiger partial charge is 0.326 e.